The zero-order chi connectivity index (χ0) is 13.9. The highest BCUT2D eigenvalue weighted by molar-refractivity contribution is 6.31. The van der Waals surface area contributed by atoms with E-state index in [1.54, 1.807) is 0 Å². The average molecular weight is 282 g/mol. The summed E-state index contributed by atoms with van der Waals surface area (Å²) < 4.78 is 0. The van der Waals surface area contributed by atoms with Crippen molar-refractivity contribution in [3.8, 4) is 0 Å². The molecule has 1 unspecified atom stereocenters. The third-order valence-corrected chi connectivity index (χ3v) is 3.86. The van der Waals surface area contributed by atoms with Gasteiger partial charge < -0.3 is 5.32 Å². The topological polar surface area (TPSA) is 12.0 Å². The molecule has 0 bridgehead atoms. The molecule has 0 aromatic heterocycles. The number of nitrogens with one attached hydrogen (secondary N) is 1. The lowest BCUT2D eigenvalue weighted by Gasteiger charge is -2.20. The van der Waals surface area contributed by atoms with Crippen LogP contribution in [0.4, 0.5) is 0 Å². The molecule has 0 radical (unpaired) electrons. The van der Waals surface area contributed by atoms with Gasteiger partial charge in [-0.3, -0.25) is 0 Å². The molecule has 0 saturated carbocycles. The van der Waals surface area contributed by atoms with Gasteiger partial charge >= 0.3 is 0 Å². The number of halogens is 1. The van der Waals surface area contributed by atoms with Gasteiger partial charge in [0.25, 0.3) is 0 Å². The summed E-state index contributed by atoms with van der Waals surface area (Å²) >= 11 is 6.32. The van der Waals surface area contributed by atoms with Gasteiger partial charge in [-0.1, -0.05) is 75.8 Å². The van der Waals surface area contributed by atoms with E-state index < -0.39 is 0 Å². The van der Waals surface area contributed by atoms with Gasteiger partial charge in [-0.2, -0.15) is 0 Å². The Hall–Kier alpha value is -0.530. The summed E-state index contributed by atoms with van der Waals surface area (Å²) in [4.78, 5) is 0. The number of rotatable bonds is 10. The van der Waals surface area contributed by atoms with Crippen molar-refractivity contribution in [3.05, 3.63) is 34.9 Å². The molecule has 0 aliphatic heterocycles. The summed E-state index contributed by atoms with van der Waals surface area (Å²) in [5.41, 5.74) is 1.26. The summed E-state index contributed by atoms with van der Waals surface area (Å²) in [6.07, 6.45) is 9.00. The number of hydrogen-bond donors (Lipinski definition) is 1. The van der Waals surface area contributed by atoms with E-state index in [0.29, 0.717) is 6.04 Å². The second kappa shape index (κ2) is 10.3. The van der Waals surface area contributed by atoms with Crippen molar-refractivity contribution in [2.24, 2.45) is 0 Å². The molecule has 1 aromatic rings. The minimum Gasteiger partial charge on any atom is -0.310 e. The molecule has 1 aromatic carbocycles. The second-order valence-electron chi connectivity index (χ2n) is 5.23. The molecule has 0 aliphatic carbocycles. The van der Waals surface area contributed by atoms with Crippen molar-refractivity contribution in [3.63, 3.8) is 0 Å². The van der Waals surface area contributed by atoms with Gasteiger partial charge in [0, 0.05) is 11.1 Å². The zero-order valence-electron chi connectivity index (χ0n) is 12.4. The molecule has 0 aliphatic rings. The summed E-state index contributed by atoms with van der Waals surface area (Å²) in [5, 5.41) is 4.53. The molecule has 19 heavy (non-hydrogen) atoms. The van der Waals surface area contributed by atoms with Gasteiger partial charge in [-0.25, -0.2) is 0 Å². The van der Waals surface area contributed by atoms with E-state index in [-0.39, 0.29) is 0 Å². The molecule has 0 spiro atoms. The molecule has 0 heterocycles. The Balaban J connectivity index is 2.49. The van der Waals surface area contributed by atoms with Gasteiger partial charge in [0.15, 0.2) is 0 Å². The lowest BCUT2D eigenvalue weighted by molar-refractivity contribution is 0.468. The minimum absolute atomic E-state index is 0.412. The quantitative estimate of drug-likeness (QED) is 0.539. The lowest BCUT2D eigenvalue weighted by atomic mass is 9.99. The van der Waals surface area contributed by atoms with Gasteiger partial charge in [0.1, 0.15) is 0 Å². The van der Waals surface area contributed by atoms with Crippen LogP contribution in [0.5, 0.6) is 0 Å². The fraction of sp³-hybridized carbons (Fsp3) is 0.647. The highest BCUT2D eigenvalue weighted by Crippen LogP contribution is 2.26. The van der Waals surface area contributed by atoms with Crippen LogP contribution in [0.25, 0.3) is 0 Å². The van der Waals surface area contributed by atoms with Crippen LogP contribution in [0.1, 0.15) is 70.4 Å². The molecule has 1 rings (SSSR count). The van der Waals surface area contributed by atoms with Crippen LogP contribution in [0, 0.1) is 0 Å². The molecular formula is C17H28ClN. The van der Waals surface area contributed by atoms with Crippen molar-refractivity contribution < 1.29 is 0 Å². The van der Waals surface area contributed by atoms with Crippen LogP contribution in [0.3, 0.4) is 0 Å². The zero-order valence-corrected chi connectivity index (χ0v) is 13.2. The van der Waals surface area contributed by atoms with E-state index in [1.165, 1.54) is 44.1 Å². The Morgan fingerprint density at radius 2 is 1.74 bits per heavy atom. The summed E-state index contributed by atoms with van der Waals surface area (Å²) in [5.74, 6) is 0. The van der Waals surface area contributed by atoms with E-state index in [1.807, 2.05) is 12.1 Å². The highest BCUT2D eigenvalue weighted by Gasteiger charge is 2.12. The fourth-order valence-electron chi connectivity index (χ4n) is 2.40. The van der Waals surface area contributed by atoms with Crippen molar-refractivity contribution in [2.45, 2.75) is 64.8 Å². The van der Waals surface area contributed by atoms with E-state index >= 15 is 0 Å². The first-order valence-corrected chi connectivity index (χ1v) is 8.15. The lowest BCUT2D eigenvalue weighted by Crippen LogP contribution is -2.22. The molecule has 1 atom stereocenters. The van der Waals surface area contributed by atoms with Crippen molar-refractivity contribution in [2.75, 3.05) is 6.54 Å². The Morgan fingerprint density at radius 1 is 1.00 bits per heavy atom. The van der Waals surface area contributed by atoms with Gasteiger partial charge in [0.2, 0.25) is 0 Å². The fourth-order valence-corrected chi connectivity index (χ4v) is 2.66. The number of benzene rings is 1. The highest BCUT2D eigenvalue weighted by atomic mass is 35.5. The van der Waals surface area contributed by atoms with Gasteiger partial charge in [-0.15, -0.1) is 0 Å². The van der Waals surface area contributed by atoms with E-state index in [0.717, 1.165) is 18.0 Å². The van der Waals surface area contributed by atoms with Crippen LogP contribution < -0.4 is 5.32 Å². The molecule has 0 amide bonds. The standard InChI is InChI=1S/C17H28ClN/c1-3-5-6-7-8-13-17(19-14-4-2)15-11-9-10-12-16(15)18/h9-12,17,19H,3-8,13-14H2,1-2H3. The van der Waals surface area contributed by atoms with Crippen LogP contribution >= 0.6 is 11.6 Å². The molecule has 0 fully saturated rings. The minimum atomic E-state index is 0.412. The molecule has 2 heteroatoms. The van der Waals surface area contributed by atoms with Crippen LogP contribution in [0.2, 0.25) is 5.02 Å². The van der Waals surface area contributed by atoms with Crippen LogP contribution in [0.15, 0.2) is 24.3 Å². The third-order valence-electron chi connectivity index (χ3n) is 3.52. The number of hydrogen-bond acceptors (Lipinski definition) is 1. The first kappa shape index (κ1) is 16.5. The molecule has 0 saturated heterocycles. The normalized spacial score (nSPS) is 12.6. The van der Waals surface area contributed by atoms with Crippen LogP contribution in [-0.2, 0) is 0 Å². The largest absolute Gasteiger partial charge is 0.310 e. The first-order chi connectivity index (χ1) is 9.29. The Bertz CT molecular complexity index is 338. The molecule has 1 N–H and O–H groups in total. The van der Waals surface area contributed by atoms with Gasteiger partial charge in [0.05, 0.1) is 0 Å². The van der Waals surface area contributed by atoms with Crippen LogP contribution in [-0.4, -0.2) is 6.54 Å². The maximum Gasteiger partial charge on any atom is 0.0453 e. The molecule has 108 valence electrons. The van der Waals surface area contributed by atoms with Gasteiger partial charge in [-0.05, 0) is 31.0 Å². The predicted molar refractivity (Wildman–Crippen MR) is 85.9 cm³/mol. The van der Waals surface area contributed by atoms with E-state index in [2.05, 4.69) is 31.3 Å². The number of unbranched alkanes of at least 4 members (excludes halogenated alkanes) is 4. The SMILES string of the molecule is CCCCCCCC(NCCC)c1ccccc1Cl. The third kappa shape index (κ3) is 6.44. The van der Waals surface area contributed by atoms with Crippen molar-refractivity contribution in [1.82, 2.24) is 5.32 Å². The van der Waals surface area contributed by atoms with E-state index in [4.69, 9.17) is 11.6 Å². The maximum atomic E-state index is 6.32. The Morgan fingerprint density at radius 3 is 2.42 bits per heavy atom. The Kier molecular flexibility index (Phi) is 8.94. The maximum absolute atomic E-state index is 6.32. The summed E-state index contributed by atoms with van der Waals surface area (Å²) in [6, 6.07) is 8.65. The summed E-state index contributed by atoms with van der Waals surface area (Å²) in [6.45, 7) is 5.53. The smallest absolute Gasteiger partial charge is 0.0453 e. The second-order valence-corrected chi connectivity index (χ2v) is 5.64. The Labute approximate surface area is 123 Å². The first-order valence-electron chi connectivity index (χ1n) is 7.77. The van der Waals surface area contributed by atoms with Crippen molar-refractivity contribution in [1.29, 1.82) is 0 Å². The predicted octanol–water partition coefficient (Wildman–Crippen LogP) is 5.74. The average Bonchev–Trinajstić information content (AvgIpc) is 2.43. The monoisotopic (exact) mass is 281 g/mol. The summed E-state index contributed by atoms with van der Waals surface area (Å²) in [7, 11) is 0. The molecule has 1 nitrogen and oxygen atoms in total. The molecular weight excluding hydrogens is 254 g/mol. The van der Waals surface area contributed by atoms with E-state index in [9.17, 15) is 0 Å². The van der Waals surface area contributed by atoms with Crippen molar-refractivity contribution >= 4 is 11.6 Å².